The van der Waals surface area contributed by atoms with Gasteiger partial charge < -0.3 is 10.5 Å². The van der Waals surface area contributed by atoms with Gasteiger partial charge in [-0.25, -0.2) is 8.78 Å². The topological polar surface area (TPSA) is 35.2 Å². The maximum atomic E-state index is 13.1. The van der Waals surface area contributed by atoms with Crippen molar-refractivity contribution in [3.8, 4) is 5.75 Å². The van der Waals surface area contributed by atoms with E-state index in [1.165, 1.54) is 31.4 Å². The molecule has 0 spiro atoms. The highest BCUT2D eigenvalue weighted by Crippen LogP contribution is 2.28. The number of hydrogen-bond acceptors (Lipinski definition) is 2. The average molecular weight is 249 g/mol. The Hall–Kier alpha value is -1.94. The molecule has 0 heterocycles. The van der Waals surface area contributed by atoms with E-state index in [2.05, 4.69) is 0 Å². The standard InChI is InChI=1S/C14H13F2NO/c1-18-13-8-11(16)6-7-12(13)14(17)9-2-4-10(15)5-3-9/h2-8,14H,17H2,1H3. The van der Waals surface area contributed by atoms with Gasteiger partial charge in [0, 0.05) is 11.6 Å². The minimum atomic E-state index is -0.485. The first-order valence-corrected chi connectivity index (χ1v) is 5.46. The third-order valence-electron chi connectivity index (χ3n) is 2.76. The van der Waals surface area contributed by atoms with Crippen molar-refractivity contribution in [2.45, 2.75) is 6.04 Å². The Balaban J connectivity index is 2.39. The number of hydrogen-bond donors (Lipinski definition) is 1. The molecule has 18 heavy (non-hydrogen) atoms. The summed E-state index contributed by atoms with van der Waals surface area (Å²) in [6.07, 6.45) is 0. The van der Waals surface area contributed by atoms with Crippen molar-refractivity contribution in [1.29, 1.82) is 0 Å². The van der Waals surface area contributed by atoms with E-state index in [-0.39, 0.29) is 11.6 Å². The molecule has 1 atom stereocenters. The Kier molecular flexibility index (Phi) is 3.58. The lowest BCUT2D eigenvalue weighted by Crippen LogP contribution is -2.13. The van der Waals surface area contributed by atoms with Crippen LogP contribution < -0.4 is 10.5 Å². The number of nitrogens with two attached hydrogens (primary N) is 1. The Labute approximate surface area is 104 Å². The smallest absolute Gasteiger partial charge is 0.126 e. The molecule has 0 saturated heterocycles. The maximum absolute atomic E-state index is 13.1. The average Bonchev–Trinajstić information content (AvgIpc) is 2.38. The van der Waals surface area contributed by atoms with Crippen LogP contribution in [-0.2, 0) is 0 Å². The van der Waals surface area contributed by atoms with Gasteiger partial charge in [-0.2, -0.15) is 0 Å². The van der Waals surface area contributed by atoms with E-state index >= 15 is 0 Å². The van der Waals surface area contributed by atoms with E-state index in [4.69, 9.17) is 10.5 Å². The van der Waals surface area contributed by atoms with Gasteiger partial charge in [0.2, 0.25) is 0 Å². The molecule has 2 rings (SSSR count). The van der Waals surface area contributed by atoms with E-state index in [1.807, 2.05) is 0 Å². The van der Waals surface area contributed by atoms with Crippen LogP contribution in [0.15, 0.2) is 42.5 Å². The van der Waals surface area contributed by atoms with Crippen molar-refractivity contribution < 1.29 is 13.5 Å². The second kappa shape index (κ2) is 5.14. The molecular weight excluding hydrogens is 236 g/mol. The highest BCUT2D eigenvalue weighted by molar-refractivity contribution is 5.41. The molecular formula is C14H13F2NO. The van der Waals surface area contributed by atoms with Crippen LogP contribution in [0.1, 0.15) is 17.2 Å². The number of halogens is 2. The fourth-order valence-corrected chi connectivity index (χ4v) is 1.79. The van der Waals surface area contributed by atoms with Crippen LogP contribution in [0.25, 0.3) is 0 Å². The van der Waals surface area contributed by atoms with Gasteiger partial charge in [0.05, 0.1) is 13.2 Å². The second-order valence-electron chi connectivity index (χ2n) is 3.92. The lowest BCUT2D eigenvalue weighted by Gasteiger charge is -2.16. The van der Waals surface area contributed by atoms with Crippen molar-refractivity contribution in [2.75, 3.05) is 7.11 Å². The van der Waals surface area contributed by atoms with Crippen molar-refractivity contribution in [3.63, 3.8) is 0 Å². The highest BCUT2D eigenvalue weighted by Gasteiger charge is 2.14. The summed E-state index contributed by atoms with van der Waals surface area (Å²) >= 11 is 0. The SMILES string of the molecule is COc1cc(F)ccc1C(N)c1ccc(F)cc1. The summed E-state index contributed by atoms with van der Waals surface area (Å²) in [4.78, 5) is 0. The Morgan fingerprint density at radius 1 is 1.00 bits per heavy atom. The molecule has 0 radical (unpaired) electrons. The fraction of sp³-hybridized carbons (Fsp3) is 0.143. The molecule has 2 nitrogen and oxygen atoms in total. The molecule has 0 amide bonds. The van der Waals surface area contributed by atoms with Gasteiger partial charge in [-0.15, -0.1) is 0 Å². The quantitative estimate of drug-likeness (QED) is 0.907. The highest BCUT2D eigenvalue weighted by atomic mass is 19.1. The number of benzene rings is 2. The zero-order chi connectivity index (χ0) is 13.1. The molecule has 94 valence electrons. The van der Waals surface area contributed by atoms with Gasteiger partial charge in [-0.05, 0) is 23.8 Å². The summed E-state index contributed by atoms with van der Waals surface area (Å²) in [5.41, 5.74) is 7.46. The number of methoxy groups -OCH3 is 1. The molecule has 0 bridgehead atoms. The maximum Gasteiger partial charge on any atom is 0.126 e. The third kappa shape index (κ3) is 2.49. The molecule has 0 fully saturated rings. The van der Waals surface area contributed by atoms with Gasteiger partial charge >= 0.3 is 0 Å². The van der Waals surface area contributed by atoms with E-state index in [1.54, 1.807) is 18.2 Å². The van der Waals surface area contributed by atoms with Crippen LogP contribution in [0.2, 0.25) is 0 Å². The number of rotatable bonds is 3. The van der Waals surface area contributed by atoms with Gasteiger partial charge in [-0.1, -0.05) is 18.2 Å². The molecule has 2 aromatic carbocycles. The van der Waals surface area contributed by atoms with Crippen molar-refractivity contribution in [3.05, 3.63) is 65.2 Å². The van der Waals surface area contributed by atoms with Crippen molar-refractivity contribution in [2.24, 2.45) is 5.73 Å². The third-order valence-corrected chi connectivity index (χ3v) is 2.76. The van der Waals surface area contributed by atoms with Crippen molar-refractivity contribution in [1.82, 2.24) is 0 Å². The Morgan fingerprint density at radius 2 is 1.61 bits per heavy atom. The van der Waals surface area contributed by atoms with Crippen LogP contribution in [0.5, 0.6) is 5.75 Å². The first-order valence-electron chi connectivity index (χ1n) is 5.46. The zero-order valence-electron chi connectivity index (χ0n) is 9.86. The molecule has 4 heteroatoms. The largest absolute Gasteiger partial charge is 0.496 e. The summed E-state index contributed by atoms with van der Waals surface area (Å²) in [6.45, 7) is 0. The van der Waals surface area contributed by atoms with Gasteiger partial charge in [0.25, 0.3) is 0 Å². The molecule has 1 unspecified atom stereocenters. The first-order chi connectivity index (χ1) is 8.61. The van der Waals surface area contributed by atoms with E-state index in [0.29, 0.717) is 11.3 Å². The van der Waals surface area contributed by atoms with E-state index in [0.717, 1.165) is 5.56 Å². The lowest BCUT2D eigenvalue weighted by molar-refractivity contribution is 0.404. The predicted molar refractivity (Wildman–Crippen MR) is 65.4 cm³/mol. The fourth-order valence-electron chi connectivity index (χ4n) is 1.79. The van der Waals surface area contributed by atoms with Gasteiger partial charge in [0.15, 0.2) is 0 Å². The molecule has 0 aliphatic rings. The molecule has 0 aromatic heterocycles. The van der Waals surface area contributed by atoms with Gasteiger partial charge in [-0.3, -0.25) is 0 Å². The number of ether oxygens (including phenoxy) is 1. The Bertz CT molecular complexity index is 540. The van der Waals surface area contributed by atoms with Crippen LogP contribution in [0.3, 0.4) is 0 Å². The normalized spacial score (nSPS) is 12.2. The molecule has 0 aliphatic heterocycles. The summed E-state index contributed by atoms with van der Waals surface area (Å²) in [5.74, 6) is -0.328. The second-order valence-corrected chi connectivity index (χ2v) is 3.92. The molecule has 0 saturated carbocycles. The lowest BCUT2D eigenvalue weighted by atomic mass is 9.98. The summed E-state index contributed by atoms with van der Waals surface area (Å²) in [5, 5.41) is 0. The Morgan fingerprint density at radius 3 is 2.22 bits per heavy atom. The van der Waals surface area contributed by atoms with Crippen LogP contribution in [0, 0.1) is 11.6 Å². The summed E-state index contributed by atoms with van der Waals surface area (Å²) < 4.78 is 31.0. The van der Waals surface area contributed by atoms with Crippen LogP contribution in [-0.4, -0.2) is 7.11 Å². The van der Waals surface area contributed by atoms with E-state index in [9.17, 15) is 8.78 Å². The van der Waals surface area contributed by atoms with E-state index < -0.39 is 6.04 Å². The first kappa shape index (κ1) is 12.5. The van der Waals surface area contributed by atoms with Crippen LogP contribution in [0.4, 0.5) is 8.78 Å². The molecule has 0 aliphatic carbocycles. The molecule has 2 aromatic rings. The van der Waals surface area contributed by atoms with Crippen LogP contribution >= 0.6 is 0 Å². The zero-order valence-corrected chi connectivity index (χ0v) is 9.86. The summed E-state index contributed by atoms with van der Waals surface area (Å²) in [7, 11) is 1.45. The minimum absolute atomic E-state index is 0.322. The monoisotopic (exact) mass is 249 g/mol. The molecule has 2 N–H and O–H groups in total. The minimum Gasteiger partial charge on any atom is -0.496 e. The summed E-state index contributed by atoms with van der Waals surface area (Å²) in [6, 6.07) is 9.56. The van der Waals surface area contributed by atoms with Crippen molar-refractivity contribution >= 4 is 0 Å². The predicted octanol–water partition coefficient (Wildman–Crippen LogP) is 3.02. The van der Waals surface area contributed by atoms with Gasteiger partial charge in [0.1, 0.15) is 17.4 Å².